The topological polar surface area (TPSA) is 111 Å². The van der Waals surface area contributed by atoms with Gasteiger partial charge in [0.2, 0.25) is 0 Å². The zero-order valence-electron chi connectivity index (χ0n) is 16.8. The van der Waals surface area contributed by atoms with Gasteiger partial charge in [-0.25, -0.2) is 0 Å². The Bertz CT molecular complexity index is 1200. The molecular formula is C22H16F3N3O5. The van der Waals surface area contributed by atoms with Gasteiger partial charge in [-0.3, -0.25) is 19.7 Å². The number of para-hydroxylation sites is 2. The molecule has 3 aromatic carbocycles. The number of nitrogens with zero attached hydrogens (tertiary/aromatic N) is 1. The van der Waals surface area contributed by atoms with Crippen LogP contribution in [0, 0.1) is 10.1 Å². The van der Waals surface area contributed by atoms with Crippen LogP contribution in [-0.4, -0.2) is 23.3 Å². The molecule has 11 heteroatoms. The van der Waals surface area contributed by atoms with Crippen molar-refractivity contribution in [1.82, 2.24) is 0 Å². The number of halogens is 3. The lowest BCUT2D eigenvalue weighted by atomic mass is 10.1. The smallest absolute Gasteiger partial charge is 0.416 e. The molecule has 2 amide bonds. The molecule has 0 aliphatic heterocycles. The molecule has 0 aromatic heterocycles. The van der Waals surface area contributed by atoms with Crippen LogP contribution in [0.5, 0.6) is 5.75 Å². The highest BCUT2D eigenvalue weighted by atomic mass is 19.4. The number of ether oxygens (including phenoxy) is 1. The van der Waals surface area contributed by atoms with Gasteiger partial charge in [-0.1, -0.05) is 24.3 Å². The molecule has 170 valence electrons. The van der Waals surface area contributed by atoms with Crippen molar-refractivity contribution in [2.24, 2.45) is 0 Å². The largest absolute Gasteiger partial charge is 0.477 e. The average Bonchev–Trinajstić information content (AvgIpc) is 2.77. The van der Waals surface area contributed by atoms with Gasteiger partial charge in [-0.05, 0) is 42.5 Å². The van der Waals surface area contributed by atoms with E-state index in [2.05, 4.69) is 10.6 Å². The number of benzene rings is 3. The van der Waals surface area contributed by atoms with Crippen molar-refractivity contribution < 1.29 is 32.4 Å². The van der Waals surface area contributed by atoms with Crippen molar-refractivity contribution in [2.45, 2.75) is 6.18 Å². The highest BCUT2D eigenvalue weighted by Crippen LogP contribution is 2.31. The van der Waals surface area contributed by atoms with Gasteiger partial charge in [0.1, 0.15) is 0 Å². The van der Waals surface area contributed by atoms with Gasteiger partial charge >= 0.3 is 11.9 Å². The van der Waals surface area contributed by atoms with E-state index in [4.69, 9.17) is 4.74 Å². The molecule has 0 saturated heterocycles. The highest BCUT2D eigenvalue weighted by Gasteiger charge is 2.30. The number of anilines is 2. The van der Waals surface area contributed by atoms with E-state index in [0.29, 0.717) is 0 Å². The zero-order chi connectivity index (χ0) is 24.0. The Balaban J connectivity index is 1.63. The fourth-order valence-corrected chi connectivity index (χ4v) is 2.79. The first-order valence-electron chi connectivity index (χ1n) is 9.38. The standard InChI is InChI=1S/C22H16F3N3O5/c23-22(24,25)15-6-4-8-17(12-15)27-21(30)14-5-3-7-16(11-14)26-20(29)13-33-19-10-2-1-9-18(19)28(31)32/h1-12H,13H2,(H,26,29)(H,27,30). The number of hydrogen-bond donors (Lipinski definition) is 2. The summed E-state index contributed by atoms with van der Waals surface area (Å²) in [7, 11) is 0. The summed E-state index contributed by atoms with van der Waals surface area (Å²) in [5.74, 6) is -1.39. The third-order valence-electron chi connectivity index (χ3n) is 4.28. The molecule has 0 atom stereocenters. The van der Waals surface area contributed by atoms with E-state index in [1.165, 1.54) is 60.7 Å². The number of carbonyl (C=O) groups is 2. The Morgan fingerprint density at radius 2 is 1.58 bits per heavy atom. The van der Waals surface area contributed by atoms with Gasteiger partial charge in [0.05, 0.1) is 10.5 Å². The van der Waals surface area contributed by atoms with E-state index in [-0.39, 0.29) is 28.4 Å². The van der Waals surface area contributed by atoms with Crippen LogP contribution in [0.15, 0.2) is 72.8 Å². The second kappa shape index (κ2) is 9.81. The second-order valence-electron chi connectivity index (χ2n) is 6.68. The van der Waals surface area contributed by atoms with E-state index in [1.54, 1.807) is 0 Å². The van der Waals surface area contributed by atoms with Crippen LogP contribution < -0.4 is 15.4 Å². The van der Waals surface area contributed by atoms with Crippen LogP contribution >= 0.6 is 0 Å². The molecule has 33 heavy (non-hydrogen) atoms. The van der Waals surface area contributed by atoms with Crippen molar-refractivity contribution in [3.8, 4) is 5.75 Å². The first-order valence-corrected chi connectivity index (χ1v) is 9.38. The van der Waals surface area contributed by atoms with E-state index >= 15 is 0 Å². The minimum Gasteiger partial charge on any atom is -0.477 e. The summed E-state index contributed by atoms with van der Waals surface area (Å²) in [5.41, 5.74) is -0.923. The Morgan fingerprint density at radius 1 is 0.909 bits per heavy atom. The SMILES string of the molecule is O=C(COc1ccccc1[N+](=O)[O-])Nc1cccc(C(=O)Nc2cccc(C(F)(F)F)c2)c1. The maximum Gasteiger partial charge on any atom is 0.416 e. The van der Waals surface area contributed by atoms with E-state index in [0.717, 1.165) is 12.1 Å². The van der Waals surface area contributed by atoms with Crippen molar-refractivity contribution >= 4 is 28.9 Å². The number of alkyl halides is 3. The van der Waals surface area contributed by atoms with Crippen LogP contribution in [0.1, 0.15) is 15.9 Å². The van der Waals surface area contributed by atoms with Gasteiger partial charge in [0, 0.05) is 23.0 Å². The van der Waals surface area contributed by atoms with Crippen molar-refractivity contribution in [3.05, 3.63) is 94.0 Å². The molecule has 8 nitrogen and oxygen atoms in total. The second-order valence-corrected chi connectivity index (χ2v) is 6.68. The molecule has 0 aliphatic rings. The number of rotatable bonds is 7. The maximum absolute atomic E-state index is 12.8. The first kappa shape index (κ1) is 23.3. The summed E-state index contributed by atoms with van der Waals surface area (Å²) < 4.78 is 43.7. The minimum atomic E-state index is -4.55. The van der Waals surface area contributed by atoms with Crippen LogP contribution in [0.3, 0.4) is 0 Å². The minimum absolute atomic E-state index is 0.0397. The quantitative estimate of drug-likeness (QED) is 0.386. The lowest BCUT2D eigenvalue weighted by molar-refractivity contribution is -0.385. The number of amides is 2. The van der Waals surface area contributed by atoms with Crippen molar-refractivity contribution in [3.63, 3.8) is 0 Å². The average molecular weight is 459 g/mol. The molecule has 0 spiro atoms. The van der Waals surface area contributed by atoms with Crippen molar-refractivity contribution in [1.29, 1.82) is 0 Å². The Kier molecular flexibility index (Phi) is 6.91. The number of nitro benzene ring substituents is 1. The zero-order valence-corrected chi connectivity index (χ0v) is 16.8. The Morgan fingerprint density at radius 3 is 2.27 bits per heavy atom. The molecule has 0 heterocycles. The van der Waals surface area contributed by atoms with Gasteiger partial charge in [0.25, 0.3) is 11.8 Å². The first-order chi connectivity index (χ1) is 15.6. The molecule has 2 N–H and O–H groups in total. The summed E-state index contributed by atoms with van der Waals surface area (Å²) >= 11 is 0. The summed E-state index contributed by atoms with van der Waals surface area (Å²) in [6, 6.07) is 15.5. The summed E-state index contributed by atoms with van der Waals surface area (Å²) in [5, 5.41) is 15.8. The third-order valence-corrected chi connectivity index (χ3v) is 4.28. The molecular weight excluding hydrogens is 443 g/mol. The predicted octanol–water partition coefficient (Wildman–Crippen LogP) is 4.88. The summed E-state index contributed by atoms with van der Waals surface area (Å²) in [4.78, 5) is 34.9. The lowest BCUT2D eigenvalue weighted by Gasteiger charge is -2.11. The monoisotopic (exact) mass is 459 g/mol. The molecule has 3 aromatic rings. The summed E-state index contributed by atoms with van der Waals surface area (Å²) in [6.07, 6.45) is -4.55. The van der Waals surface area contributed by atoms with Gasteiger partial charge in [-0.2, -0.15) is 13.2 Å². The fourth-order valence-electron chi connectivity index (χ4n) is 2.79. The number of nitrogens with one attached hydrogen (secondary N) is 2. The number of carbonyl (C=O) groups excluding carboxylic acids is 2. The van der Waals surface area contributed by atoms with Gasteiger partial charge in [-0.15, -0.1) is 0 Å². The maximum atomic E-state index is 12.8. The van der Waals surface area contributed by atoms with Crippen molar-refractivity contribution in [2.75, 3.05) is 17.2 Å². The lowest BCUT2D eigenvalue weighted by Crippen LogP contribution is -2.21. The van der Waals surface area contributed by atoms with Crippen LogP contribution in [0.25, 0.3) is 0 Å². The summed E-state index contributed by atoms with van der Waals surface area (Å²) in [6.45, 7) is -0.522. The van der Waals surface area contributed by atoms with E-state index < -0.39 is 35.1 Å². The van der Waals surface area contributed by atoms with Crippen LogP contribution in [0.4, 0.5) is 30.2 Å². The Hall–Kier alpha value is -4.41. The van der Waals surface area contributed by atoms with Crippen LogP contribution in [0.2, 0.25) is 0 Å². The molecule has 0 unspecified atom stereocenters. The number of hydrogen-bond acceptors (Lipinski definition) is 5. The van der Waals surface area contributed by atoms with Crippen LogP contribution in [-0.2, 0) is 11.0 Å². The number of nitro groups is 1. The fraction of sp³-hybridized carbons (Fsp3) is 0.0909. The predicted molar refractivity (Wildman–Crippen MR) is 113 cm³/mol. The van der Waals surface area contributed by atoms with Gasteiger partial charge in [0.15, 0.2) is 12.4 Å². The molecule has 3 rings (SSSR count). The third kappa shape index (κ3) is 6.29. The molecule has 0 radical (unpaired) electrons. The molecule has 0 saturated carbocycles. The molecule has 0 fully saturated rings. The molecule has 0 bridgehead atoms. The highest BCUT2D eigenvalue weighted by molar-refractivity contribution is 6.05. The Labute approximate surface area is 185 Å². The van der Waals surface area contributed by atoms with E-state index in [9.17, 15) is 32.9 Å². The van der Waals surface area contributed by atoms with E-state index in [1.807, 2.05) is 0 Å². The van der Waals surface area contributed by atoms with Gasteiger partial charge < -0.3 is 15.4 Å². The normalized spacial score (nSPS) is 10.9. The molecule has 0 aliphatic carbocycles.